The number of esters is 1. The molecule has 25 heavy (non-hydrogen) atoms. The Morgan fingerprint density at radius 3 is 2.80 bits per heavy atom. The van der Waals surface area contributed by atoms with Gasteiger partial charge in [0.25, 0.3) is 0 Å². The summed E-state index contributed by atoms with van der Waals surface area (Å²) >= 11 is 0. The van der Waals surface area contributed by atoms with E-state index in [0.717, 1.165) is 28.8 Å². The molecular weight excluding hydrogens is 310 g/mol. The fourth-order valence-corrected chi connectivity index (χ4v) is 2.79. The minimum atomic E-state index is -0.277. The van der Waals surface area contributed by atoms with Crippen LogP contribution in [0.5, 0.6) is 0 Å². The maximum absolute atomic E-state index is 11.8. The summed E-state index contributed by atoms with van der Waals surface area (Å²) in [5.41, 5.74) is 1.92. The van der Waals surface area contributed by atoms with Crippen LogP contribution in [0.25, 0.3) is 17.0 Å². The molecule has 0 amide bonds. The fourth-order valence-electron chi connectivity index (χ4n) is 2.79. The third-order valence-electron chi connectivity index (χ3n) is 4.37. The first-order valence-corrected chi connectivity index (χ1v) is 9.24. The molecule has 0 aliphatic carbocycles. The van der Waals surface area contributed by atoms with Crippen molar-refractivity contribution in [2.45, 2.75) is 46.5 Å². The first-order chi connectivity index (χ1) is 12.0. The number of aromatic nitrogens is 1. The standard InChI is InChI=1S/C22H29NO2/c1-17(2)6-4-7-18(3)13-15-25-22(24)12-10-19-9-11-21-20(16-19)8-5-14-23-21/h5,8-12,14,16-18H,4,6-7,13,15H2,1-3H3/b12-10+. The van der Waals surface area contributed by atoms with Gasteiger partial charge in [-0.3, -0.25) is 4.98 Å². The molecule has 3 nitrogen and oxygen atoms in total. The average Bonchev–Trinajstić information content (AvgIpc) is 2.59. The minimum absolute atomic E-state index is 0.277. The van der Waals surface area contributed by atoms with E-state index in [1.165, 1.54) is 25.3 Å². The zero-order valence-corrected chi connectivity index (χ0v) is 15.6. The van der Waals surface area contributed by atoms with Crippen LogP contribution in [0.3, 0.4) is 0 Å². The quantitative estimate of drug-likeness (QED) is 0.438. The lowest BCUT2D eigenvalue weighted by molar-refractivity contribution is -0.138. The van der Waals surface area contributed by atoms with Crippen LogP contribution in [0, 0.1) is 11.8 Å². The number of nitrogens with zero attached hydrogens (tertiary/aromatic N) is 1. The van der Waals surface area contributed by atoms with Crippen molar-refractivity contribution in [1.82, 2.24) is 4.98 Å². The number of hydrogen-bond acceptors (Lipinski definition) is 3. The van der Waals surface area contributed by atoms with Crippen molar-refractivity contribution in [3.05, 3.63) is 48.2 Å². The Bertz CT molecular complexity index is 706. The van der Waals surface area contributed by atoms with Crippen molar-refractivity contribution in [2.75, 3.05) is 6.61 Å². The van der Waals surface area contributed by atoms with Gasteiger partial charge in [0.05, 0.1) is 12.1 Å². The highest BCUT2D eigenvalue weighted by molar-refractivity contribution is 5.88. The highest BCUT2D eigenvalue weighted by Crippen LogP contribution is 2.16. The minimum Gasteiger partial charge on any atom is -0.463 e. The number of ether oxygens (including phenoxy) is 1. The van der Waals surface area contributed by atoms with Crippen LogP contribution >= 0.6 is 0 Å². The summed E-state index contributed by atoms with van der Waals surface area (Å²) in [4.78, 5) is 16.1. The maximum atomic E-state index is 11.8. The monoisotopic (exact) mass is 339 g/mol. The van der Waals surface area contributed by atoms with Gasteiger partial charge >= 0.3 is 5.97 Å². The lowest BCUT2D eigenvalue weighted by Crippen LogP contribution is -2.06. The lowest BCUT2D eigenvalue weighted by atomic mass is 9.98. The first kappa shape index (κ1) is 19.2. The van der Waals surface area contributed by atoms with E-state index in [2.05, 4.69) is 25.8 Å². The summed E-state index contributed by atoms with van der Waals surface area (Å²) in [5, 5.41) is 1.06. The van der Waals surface area contributed by atoms with Gasteiger partial charge in [-0.25, -0.2) is 4.79 Å². The molecule has 0 fully saturated rings. The number of pyridine rings is 1. The predicted molar refractivity (Wildman–Crippen MR) is 104 cm³/mol. The maximum Gasteiger partial charge on any atom is 0.330 e. The molecule has 1 aromatic carbocycles. The Hall–Kier alpha value is -2.16. The molecule has 0 saturated carbocycles. The SMILES string of the molecule is CC(C)CCCC(C)CCOC(=O)/C=C/c1ccc2ncccc2c1. The number of rotatable bonds is 9. The molecule has 0 bridgehead atoms. The van der Waals surface area contributed by atoms with E-state index in [1.54, 1.807) is 12.3 Å². The topological polar surface area (TPSA) is 39.2 Å². The lowest BCUT2D eigenvalue weighted by Gasteiger charge is -2.11. The number of carbonyl (C=O) groups excluding carboxylic acids is 1. The van der Waals surface area contributed by atoms with Gasteiger partial charge in [0.15, 0.2) is 0 Å². The van der Waals surface area contributed by atoms with Gasteiger partial charge in [-0.05, 0) is 48.1 Å². The third-order valence-corrected chi connectivity index (χ3v) is 4.37. The average molecular weight is 339 g/mol. The van der Waals surface area contributed by atoms with Gasteiger partial charge in [-0.15, -0.1) is 0 Å². The molecule has 0 saturated heterocycles. The van der Waals surface area contributed by atoms with Crippen molar-refractivity contribution >= 4 is 22.9 Å². The second kappa shape index (κ2) is 9.97. The van der Waals surface area contributed by atoms with Gasteiger partial charge in [0.1, 0.15) is 0 Å². The van der Waals surface area contributed by atoms with Crippen LogP contribution in [0.15, 0.2) is 42.6 Å². The van der Waals surface area contributed by atoms with Crippen LogP contribution in [0.4, 0.5) is 0 Å². The predicted octanol–water partition coefficient (Wildman–Crippen LogP) is 5.64. The third kappa shape index (κ3) is 7.08. The van der Waals surface area contributed by atoms with E-state index in [-0.39, 0.29) is 5.97 Å². The molecule has 0 aliphatic rings. The van der Waals surface area contributed by atoms with E-state index in [9.17, 15) is 4.79 Å². The Morgan fingerprint density at radius 2 is 2.00 bits per heavy atom. The molecule has 0 spiro atoms. The molecule has 3 heteroatoms. The van der Waals surface area contributed by atoms with Crippen molar-refractivity contribution in [1.29, 1.82) is 0 Å². The van der Waals surface area contributed by atoms with Crippen LogP contribution in [-0.4, -0.2) is 17.6 Å². The van der Waals surface area contributed by atoms with E-state index in [0.29, 0.717) is 12.5 Å². The Labute approximate surface area is 151 Å². The molecule has 1 heterocycles. The van der Waals surface area contributed by atoms with Gasteiger partial charge in [-0.2, -0.15) is 0 Å². The molecule has 0 aliphatic heterocycles. The Kier molecular flexibility index (Phi) is 7.65. The summed E-state index contributed by atoms with van der Waals surface area (Å²) in [6, 6.07) is 9.85. The fraction of sp³-hybridized carbons (Fsp3) is 0.455. The first-order valence-electron chi connectivity index (χ1n) is 9.24. The normalized spacial score (nSPS) is 12.8. The van der Waals surface area contributed by atoms with Crippen LogP contribution < -0.4 is 0 Å². The van der Waals surface area contributed by atoms with E-state index >= 15 is 0 Å². The van der Waals surface area contributed by atoms with E-state index in [1.807, 2.05) is 30.3 Å². The van der Waals surface area contributed by atoms with Crippen LogP contribution in [0.2, 0.25) is 0 Å². The second-order valence-electron chi connectivity index (χ2n) is 7.17. The van der Waals surface area contributed by atoms with Gasteiger partial charge in [-0.1, -0.05) is 52.2 Å². The van der Waals surface area contributed by atoms with Crippen LogP contribution in [0.1, 0.15) is 52.0 Å². The molecular formula is C22H29NO2. The van der Waals surface area contributed by atoms with Crippen LogP contribution in [-0.2, 0) is 9.53 Å². The highest BCUT2D eigenvalue weighted by atomic mass is 16.5. The zero-order valence-electron chi connectivity index (χ0n) is 15.6. The summed E-state index contributed by atoms with van der Waals surface area (Å²) in [5.74, 6) is 1.09. The highest BCUT2D eigenvalue weighted by Gasteiger charge is 2.05. The molecule has 2 aromatic rings. The number of carbonyl (C=O) groups is 1. The van der Waals surface area contributed by atoms with Crippen molar-refractivity contribution in [3.8, 4) is 0 Å². The van der Waals surface area contributed by atoms with Gasteiger partial charge in [0.2, 0.25) is 0 Å². The molecule has 134 valence electrons. The summed E-state index contributed by atoms with van der Waals surface area (Å²) in [6.07, 6.45) is 9.73. The summed E-state index contributed by atoms with van der Waals surface area (Å²) in [7, 11) is 0. The molecule has 0 N–H and O–H groups in total. The molecule has 1 unspecified atom stereocenters. The smallest absolute Gasteiger partial charge is 0.330 e. The largest absolute Gasteiger partial charge is 0.463 e. The molecule has 1 atom stereocenters. The summed E-state index contributed by atoms with van der Waals surface area (Å²) in [6.45, 7) is 7.23. The second-order valence-corrected chi connectivity index (χ2v) is 7.17. The van der Waals surface area contributed by atoms with E-state index in [4.69, 9.17) is 4.74 Å². The number of benzene rings is 1. The van der Waals surface area contributed by atoms with E-state index < -0.39 is 0 Å². The van der Waals surface area contributed by atoms with Crippen molar-refractivity contribution in [3.63, 3.8) is 0 Å². The van der Waals surface area contributed by atoms with Gasteiger partial charge < -0.3 is 4.74 Å². The number of fused-ring (bicyclic) bond motifs is 1. The summed E-state index contributed by atoms with van der Waals surface area (Å²) < 4.78 is 5.31. The Morgan fingerprint density at radius 1 is 1.16 bits per heavy atom. The van der Waals surface area contributed by atoms with Gasteiger partial charge in [0, 0.05) is 17.7 Å². The van der Waals surface area contributed by atoms with Crippen molar-refractivity contribution in [2.24, 2.45) is 11.8 Å². The number of hydrogen-bond donors (Lipinski definition) is 0. The zero-order chi connectivity index (χ0) is 18.1. The molecule has 1 aromatic heterocycles. The Balaban J connectivity index is 1.72. The van der Waals surface area contributed by atoms with Crippen molar-refractivity contribution < 1.29 is 9.53 Å². The molecule has 2 rings (SSSR count). The molecule has 0 radical (unpaired) electrons.